The number of esters is 1. The van der Waals surface area contributed by atoms with Gasteiger partial charge in [0, 0.05) is 6.08 Å². The molecule has 0 fully saturated rings. The van der Waals surface area contributed by atoms with Gasteiger partial charge in [0.15, 0.2) is 0 Å². The van der Waals surface area contributed by atoms with Crippen LogP contribution in [0.1, 0.15) is 13.8 Å². The monoisotopic (exact) mass is 162 g/mol. The van der Waals surface area contributed by atoms with Crippen molar-refractivity contribution in [2.75, 3.05) is 7.11 Å². The summed E-state index contributed by atoms with van der Waals surface area (Å²) in [5.41, 5.74) is 0.813. The van der Waals surface area contributed by atoms with E-state index in [4.69, 9.17) is 11.6 Å². The quantitative estimate of drug-likeness (QED) is 0.351. The molecule has 0 saturated carbocycles. The molecule has 0 heterocycles. The van der Waals surface area contributed by atoms with Crippen LogP contribution in [0.25, 0.3) is 0 Å². The van der Waals surface area contributed by atoms with Crippen LogP contribution in [0.4, 0.5) is 0 Å². The molecule has 10 heavy (non-hydrogen) atoms. The fraction of sp³-hybridized carbons (Fsp3) is 0.571. The third-order valence-electron chi connectivity index (χ3n) is 1.17. The van der Waals surface area contributed by atoms with Crippen LogP contribution in [0.5, 0.6) is 0 Å². The molecule has 0 N–H and O–H groups in total. The average molecular weight is 163 g/mol. The molecule has 0 aliphatic rings. The molecule has 1 atom stereocenters. The second kappa shape index (κ2) is 4.34. The number of allylic oxidation sites excluding steroid dienone is 1. The molecule has 2 nitrogen and oxygen atoms in total. The molecule has 0 spiro atoms. The van der Waals surface area contributed by atoms with E-state index >= 15 is 0 Å². The molecular formula is C7H11ClO2. The maximum atomic E-state index is 10.6. The maximum Gasteiger partial charge on any atom is 0.330 e. The Morgan fingerprint density at radius 3 is 2.50 bits per heavy atom. The fourth-order valence-electron chi connectivity index (χ4n) is 0.360. The molecule has 1 unspecified atom stereocenters. The van der Waals surface area contributed by atoms with Gasteiger partial charge in [-0.15, -0.1) is 11.6 Å². The Morgan fingerprint density at radius 1 is 1.70 bits per heavy atom. The van der Waals surface area contributed by atoms with E-state index in [0.29, 0.717) is 0 Å². The molecule has 0 aliphatic carbocycles. The number of halogens is 1. The lowest BCUT2D eigenvalue weighted by Gasteiger charge is -2.00. The molecule has 0 aliphatic heterocycles. The first-order valence-corrected chi connectivity index (χ1v) is 3.41. The molecule has 3 heteroatoms. The van der Waals surface area contributed by atoms with Gasteiger partial charge in [0.2, 0.25) is 0 Å². The molecule has 0 aromatic carbocycles. The van der Waals surface area contributed by atoms with Crippen LogP contribution >= 0.6 is 11.6 Å². The minimum atomic E-state index is -0.356. The van der Waals surface area contributed by atoms with Crippen LogP contribution in [-0.4, -0.2) is 18.5 Å². The van der Waals surface area contributed by atoms with Crippen LogP contribution in [-0.2, 0) is 9.53 Å². The highest BCUT2D eigenvalue weighted by molar-refractivity contribution is 6.22. The zero-order chi connectivity index (χ0) is 8.15. The topological polar surface area (TPSA) is 26.3 Å². The molecule has 0 radical (unpaired) electrons. The van der Waals surface area contributed by atoms with E-state index in [0.717, 1.165) is 5.57 Å². The average Bonchev–Trinajstić information content (AvgIpc) is 1.87. The normalized spacial score (nSPS) is 14.6. The first-order valence-electron chi connectivity index (χ1n) is 2.98. The highest BCUT2D eigenvalue weighted by Gasteiger charge is 2.01. The van der Waals surface area contributed by atoms with Crippen LogP contribution in [0.2, 0.25) is 0 Å². The van der Waals surface area contributed by atoms with E-state index in [1.54, 1.807) is 13.8 Å². The summed E-state index contributed by atoms with van der Waals surface area (Å²) in [6.07, 6.45) is 1.39. The van der Waals surface area contributed by atoms with Gasteiger partial charge in [-0.3, -0.25) is 0 Å². The second-order valence-corrected chi connectivity index (χ2v) is 2.68. The van der Waals surface area contributed by atoms with Crippen LogP contribution in [0, 0.1) is 0 Å². The molecule has 0 aromatic heterocycles. The lowest BCUT2D eigenvalue weighted by Crippen LogP contribution is -2.00. The smallest absolute Gasteiger partial charge is 0.330 e. The Balaban J connectivity index is 4.03. The highest BCUT2D eigenvalue weighted by atomic mass is 35.5. The number of carbonyl (C=O) groups is 1. The van der Waals surface area contributed by atoms with Crippen molar-refractivity contribution in [2.45, 2.75) is 19.2 Å². The summed E-state index contributed by atoms with van der Waals surface area (Å²) >= 11 is 5.65. The second-order valence-electron chi connectivity index (χ2n) is 2.03. The zero-order valence-electron chi connectivity index (χ0n) is 6.35. The number of methoxy groups -OCH3 is 1. The number of hydrogen-bond acceptors (Lipinski definition) is 2. The summed E-state index contributed by atoms with van der Waals surface area (Å²) < 4.78 is 4.40. The van der Waals surface area contributed by atoms with Gasteiger partial charge in [0.25, 0.3) is 0 Å². The molecule has 0 amide bonds. The number of ether oxygens (including phenoxy) is 1. The van der Waals surface area contributed by atoms with Crippen molar-refractivity contribution in [2.24, 2.45) is 0 Å². The maximum absolute atomic E-state index is 10.6. The predicted molar refractivity (Wildman–Crippen MR) is 41.1 cm³/mol. The van der Waals surface area contributed by atoms with Crippen molar-refractivity contribution >= 4 is 17.6 Å². The van der Waals surface area contributed by atoms with Crippen molar-refractivity contribution in [1.82, 2.24) is 0 Å². The summed E-state index contributed by atoms with van der Waals surface area (Å²) in [4.78, 5) is 10.6. The summed E-state index contributed by atoms with van der Waals surface area (Å²) in [7, 11) is 1.34. The predicted octanol–water partition coefficient (Wildman–Crippen LogP) is 1.73. The minimum Gasteiger partial charge on any atom is -0.466 e. The van der Waals surface area contributed by atoms with E-state index in [1.165, 1.54) is 13.2 Å². The summed E-state index contributed by atoms with van der Waals surface area (Å²) in [5, 5.41) is -0.112. The first kappa shape index (κ1) is 9.50. The summed E-state index contributed by atoms with van der Waals surface area (Å²) in [6, 6.07) is 0. The lowest BCUT2D eigenvalue weighted by atomic mass is 10.2. The Hall–Kier alpha value is -0.500. The van der Waals surface area contributed by atoms with Gasteiger partial charge in [-0.25, -0.2) is 4.79 Å². The van der Waals surface area contributed by atoms with Crippen molar-refractivity contribution in [3.8, 4) is 0 Å². The largest absolute Gasteiger partial charge is 0.466 e. The minimum absolute atomic E-state index is 0.112. The number of alkyl halides is 1. The molecular weight excluding hydrogens is 152 g/mol. The molecule has 0 aromatic rings. The molecule has 0 saturated heterocycles. The van der Waals surface area contributed by atoms with Gasteiger partial charge < -0.3 is 4.74 Å². The van der Waals surface area contributed by atoms with Crippen LogP contribution < -0.4 is 0 Å². The van der Waals surface area contributed by atoms with Gasteiger partial charge in [0.05, 0.1) is 12.5 Å². The molecule has 58 valence electrons. The van der Waals surface area contributed by atoms with Gasteiger partial charge in [-0.1, -0.05) is 0 Å². The Labute approximate surface area is 65.8 Å². The van der Waals surface area contributed by atoms with Gasteiger partial charge in [-0.2, -0.15) is 0 Å². The van der Waals surface area contributed by atoms with E-state index in [2.05, 4.69) is 4.74 Å². The standard InChI is InChI=1S/C7H11ClO2/c1-5(6(2)8)4-7(9)10-3/h4,6H,1-3H3/b5-4-. The third kappa shape index (κ3) is 3.51. The Morgan fingerprint density at radius 2 is 2.20 bits per heavy atom. The number of hydrogen-bond donors (Lipinski definition) is 0. The summed E-state index contributed by atoms with van der Waals surface area (Å²) in [5.74, 6) is -0.356. The number of carbonyl (C=O) groups excluding carboxylic acids is 1. The van der Waals surface area contributed by atoms with E-state index in [9.17, 15) is 4.79 Å². The van der Waals surface area contributed by atoms with E-state index < -0.39 is 0 Å². The van der Waals surface area contributed by atoms with Gasteiger partial charge >= 0.3 is 5.97 Å². The van der Waals surface area contributed by atoms with Crippen molar-refractivity contribution in [3.63, 3.8) is 0 Å². The third-order valence-corrected chi connectivity index (χ3v) is 1.52. The van der Waals surface area contributed by atoms with E-state index in [1.807, 2.05) is 0 Å². The lowest BCUT2D eigenvalue weighted by molar-refractivity contribution is -0.134. The Kier molecular flexibility index (Phi) is 4.12. The van der Waals surface area contributed by atoms with Crippen LogP contribution in [0.15, 0.2) is 11.6 Å². The highest BCUT2D eigenvalue weighted by Crippen LogP contribution is 2.07. The zero-order valence-corrected chi connectivity index (χ0v) is 7.11. The van der Waals surface area contributed by atoms with Crippen molar-refractivity contribution in [1.29, 1.82) is 0 Å². The number of rotatable bonds is 2. The Bertz CT molecular complexity index is 150. The van der Waals surface area contributed by atoms with E-state index in [-0.39, 0.29) is 11.3 Å². The molecule has 0 bridgehead atoms. The summed E-state index contributed by atoms with van der Waals surface area (Å²) in [6.45, 7) is 3.59. The van der Waals surface area contributed by atoms with Gasteiger partial charge in [-0.05, 0) is 19.4 Å². The molecule has 0 rings (SSSR count). The SMILES string of the molecule is COC(=O)/C=C(/C)C(C)Cl. The fourth-order valence-corrected chi connectivity index (χ4v) is 0.423. The van der Waals surface area contributed by atoms with Crippen molar-refractivity contribution < 1.29 is 9.53 Å². The van der Waals surface area contributed by atoms with Crippen LogP contribution in [0.3, 0.4) is 0 Å². The first-order chi connectivity index (χ1) is 4.57. The van der Waals surface area contributed by atoms with Crippen molar-refractivity contribution in [3.05, 3.63) is 11.6 Å². The van der Waals surface area contributed by atoms with Gasteiger partial charge in [0.1, 0.15) is 0 Å².